The van der Waals surface area contributed by atoms with Gasteiger partial charge in [-0.25, -0.2) is 13.2 Å². The Balaban J connectivity index is 1.38. The second kappa shape index (κ2) is 11.6. The van der Waals surface area contributed by atoms with Gasteiger partial charge >= 0.3 is 12.1 Å². The first kappa shape index (κ1) is 27.8. The Hall–Kier alpha value is -3.25. The summed E-state index contributed by atoms with van der Waals surface area (Å²) in [5.74, 6) is -1.20. The van der Waals surface area contributed by atoms with Gasteiger partial charge in [-0.1, -0.05) is 48.5 Å². The van der Waals surface area contributed by atoms with Crippen LogP contribution in [0.5, 0.6) is 0 Å². The second-order valence-corrected chi connectivity index (χ2v) is 10.8. The smallest absolute Gasteiger partial charge is 0.416 e. The van der Waals surface area contributed by atoms with Crippen LogP contribution in [0.3, 0.4) is 0 Å². The maximum absolute atomic E-state index is 13.3. The third kappa shape index (κ3) is 6.60. The number of halogens is 3. The van der Waals surface area contributed by atoms with Gasteiger partial charge in [0.2, 0.25) is 10.0 Å². The van der Waals surface area contributed by atoms with Crippen molar-refractivity contribution in [2.24, 2.45) is 0 Å². The van der Waals surface area contributed by atoms with E-state index in [1.165, 1.54) is 28.6 Å². The first-order chi connectivity index (χ1) is 18.1. The predicted octanol–water partition coefficient (Wildman–Crippen LogP) is 4.52. The lowest BCUT2D eigenvalue weighted by molar-refractivity contribution is -0.137. The second-order valence-electron chi connectivity index (χ2n) is 8.86. The van der Waals surface area contributed by atoms with Gasteiger partial charge in [0.15, 0.2) is 0 Å². The van der Waals surface area contributed by atoms with Crippen LogP contribution in [0.15, 0.2) is 83.8 Å². The van der Waals surface area contributed by atoms with Crippen molar-refractivity contribution in [1.82, 2.24) is 9.21 Å². The molecule has 1 aliphatic heterocycles. The molecule has 11 heteroatoms. The topological polar surface area (TPSA) is 87.1 Å². The lowest BCUT2D eigenvalue weighted by atomic mass is 9.99. The zero-order chi connectivity index (χ0) is 27.3. The Bertz CT molecular complexity index is 1360. The van der Waals surface area contributed by atoms with E-state index in [4.69, 9.17) is 9.84 Å². The van der Waals surface area contributed by atoms with E-state index in [0.717, 1.165) is 23.8 Å². The molecule has 4 rings (SSSR count). The Morgan fingerprint density at radius 2 is 1.55 bits per heavy atom. The van der Waals surface area contributed by atoms with E-state index in [-0.39, 0.29) is 30.2 Å². The monoisotopic (exact) mass is 548 g/mol. The molecular formula is C27H27F3N2O5S. The van der Waals surface area contributed by atoms with Crippen LogP contribution in [0, 0.1) is 0 Å². The van der Waals surface area contributed by atoms with Gasteiger partial charge in [0.1, 0.15) is 6.10 Å². The van der Waals surface area contributed by atoms with E-state index in [0.29, 0.717) is 25.2 Å². The normalized spacial score (nSPS) is 16.3. The average Bonchev–Trinajstić information content (AvgIpc) is 2.91. The van der Waals surface area contributed by atoms with Gasteiger partial charge in [0.25, 0.3) is 0 Å². The van der Waals surface area contributed by atoms with Crippen LogP contribution in [0.25, 0.3) is 0 Å². The predicted molar refractivity (Wildman–Crippen MR) is 134 cm³/mol. The number of ether oxygens (including phenoxy) is 1. The molecule has 3 aromatic rings. The SMILES string of the molecule is O=C(O)c1cccc(S(=O)(=O)N2CCN(CCOC(c3ccccc3)c3cccc(C(F)(F)F)c3)CC2)c1. The molecule has 0 radical (unpaired) electrons. The van der Waals surface area contributed by atoms with Crippen molar-refractivity contribution in [3.8, 4) is 0 Å². The Labute approximate surface area is 219 Å². The first-order valence-corrected chi connectivity index (χ1v) is 13.4. The molecule has 202 valence electrons. The van der Waals surface area contributed by atoms with Crippen LogP contribution in [-0.4, -0.2) is 68.0 Å². The molecule has 1 aliphatic rings. The van der Waals surface area contributed by atoms with E-state index in [1.54, 1.807) is 30.3 Å². The number of nitrogens with zero attached hydrogens (tertiary/aromatic N) is 2. The molecule has 7 nitrogen and oxygen atoms in total. The molecule has 3 aromatic carbocycles. The summed E-state index contributed by atoms with van der Waals surface area (Å²) in [4.78, 5) is 13.2. The van der Waals surface area contributed by atoms with Crippen molar-refractivity contribution in [2.45, 2.75) is 17.2 Å². The van der Waals surface area contributed by atoms with E-state index >= 15 is 0 Å². The zero-order valence-corrected chi connectivity index (χ0v) is 21.2. The van der Waals surface area contributed by atoms with Gasteiger partial charge in [-0.3, -0.25) is 4.90 Å². The first-order valence-electron chi connectivity index (χ1n) is 12.0. The lowest BCUT2D eigenvalue weighted by Crippen LogP contribution is -2.49. The molecule has 0 bridgehead atoms. The maximum atomic E-state index is 13.3. The summed E-state index contributed by atoms with van der Waals surface area (Å²) >= 11 is 0. The summed E-state index contributed by atoms with van der Waals surface area (Å²) < 4.78 is 73.3. The molecule has 0 amide bonds. The number of hydrogen-bond donors (Lipinski definition) is 1. The van der Waals surface area contributed by atoms with E-state index in [9.17, 15) is 26.4 Å². The Morgan fingerprint density at radius 3 is 2.21 bits per heavy atom. The highest BCUT2D eigenvalue weighted by molar-refractivity contribution is 7.89. The van der Waals surface area contributed by atoms with Crippen LogP contribution in [0.1, 0.15) is 33.2 Å². The molecule has 1 heterocycles. The van der Waals surface area contributed by atoms with Crippen molar-refractivity contribution < 1.29 is 36.2 Å². The molecule has 1 atom stereocenters. The average molecular weight is 549 g/mol. The van der Waals surface area contributed by atoms with Crippen LogP contribution in [-0.2, 0) is 20.9 Å². The summed E-state index contributed by atoms with van der Waals surface area (Å²) in [6.45, 7) is 1.99. The van der Waals surface area contributed by atoms with E-state index < -0.39 is 33.8 Å². The minimum atomic E-state index is -4.47. The molecule has 0 spiro atoms. The van der Waals surface area contributed by atoms with Crippen LogP contribution >= 0.6 is 0 Å². The summed E-state index contributed by atoms with van der Waals surface area (Å²) in [5, 5.41) is 9.16. The fourth-order valence-corrected chi connectivity index (χ4v) is 5.79. The number of piperazine rings is 1. The van der Waals surface area contributed by atoms with Crippen molar-refractivity contribution in [2.75, 3.05) is 39.3 Å². The molecule has 38 heavy (non-hydrogen) atoms. The van der Waals surface area contributed by atoms with Crippen molar-refractivity contribution >= 4 is 16.0 Å². The number of carbonyl (C=O) groups is 1. The largest absolute Gasteiger partial charge is 0.478 e. The summed E-state index contributed by atoms with van der Waals surface area (Å²) in [7, 11) is -3.84. The highest BCUT2D eigenvalue weighted by Gasteiger charge is 2.32. The van der Waals surface area contributed by atoms with Gasteiger partial charge in [-0.2, -0.15) is 17.5 Å². The summed E-state index contributed by atoms with van der Waals surface area (Å²) in [6, 6.07) is 19.4. The Kier molecular flexibility index (Phi) is 8.51. The molecule has 1 N–H and O–H groups in total. The summed E-state index contributed by atoms with van der Waals surface area (Å²) in [5.41, 5.74) is 0.276. The third-order valence-corrected chi connectivity index (χ3v) is 8.26. The Morgan fingerprint density at radius 1 is 0.895 bits per heavy atom. The lowest BCUT2D eigenvalue weighted by Gasteiger charge is -2.34. The van der Waals surface area contributed by atoms with Gasteiger partial charge in [-0.15, -0.1) is 0 Å². The van der Waals surface area contributed by atoms with Crippen LogP contribution in [0.4, 0.5) is 13.2 Å². The highest BCUT2D eigenvalue weighted by atomic mass is 32.2. The van der Waals surface area contributed by atoms with Crippen LogP contribution < -0.4 is 0 Å². The molecule has 0 saturated carbocycles. The van der Waals surface area contributed by atoms with E-state index in [1.807, 2.05) is 11.0 Å². The highest BCUT2D eigenvalue weighted by Crippen LogP contribution is 2.33. The molecule has 1 unspecified atom stereocenters. The number of aromatic carboxylic acids is 1. The third-order valence-electron chi connectivity index (χ3n) is 6.36. The zero-order valence-electron chi connectivity index (χ0n) is 20.3. The van der Waals surface area contributed by atoms with Crippen LogP contribution in [0.2, 0.25) is 0 Å². The number of carboxylic acid groups (broad SMARTS) is 1. The summed E-state index contributed by atoms with van der Waals surface area (Å²) in [6.07, 6.45) is -5.16. The number of carboxylic acids is 1. The number of alkyl halides is 3. The number of hydrogen-bond acceptors (Lipinski definition) is 5. The van der Waals surface area contributed by atoms with Gasteiger partial charge in [-0.05, 0) is 41.5 Å². The van der Waals surface area contributed by atoms with E-state index in [2.05, 4.69) is 0 Å². The fourth-order valence-electron chi connectivity index (χ4n) is 4.32. The van der Waals surface area contributed by atoms with Crippen molar-refractivity contribution in [3.63, 3.8) is 0 Å². The molecule has 1 saturated heterocycles. The molecular weight excluding hydrogens is 521 g/mol. The quantitative estimate of drug-likeness (QED) is 0.423. The maximum Gasteiger partial charge on any atom is 0.416 e. The number of benzene rings is 3. The number of rotatable bonds is 9. The van der Waals surface area contributed by atoms with Gasteiger partial charge < -0.3 is 9.84 Å². The minimum Gasteiger partial charge on any atom is -0.478 e. The standard InChI is InChI=1S/C27H27F3N2O5S/c28-27(29,30)23-10-4-8-21(18-23)25(20-6-2-1-3-7-20)37-17-16-31-12-14-32(15-13-31)38(35,36)24-11-5-9-22(19-24)26(33)34/h1-11,18-19,25H,12-17H2,(H,33,34). The fraction of sp³-hybridized carbons (Fsp3) is 0.296. The molecule has 0 aromatic heterocycles. The molecule has 1 fully saturated rings. The van der Waals surface area contributed by atoms with Crippen molar-refractivity contribution in [3.05, 3.63) is 101 Å². The van der Waals surface area contributed by atoms with Gasteiger partial charge in [0.05, 0.1) is 22.6 Å². The molecule has 0 aliphatic carbocycles. The van der Waals surface area contributed by atoms with Crippen molar-refractivity contribution in [1.29, 1.82) is 0 Å². The number of sulfonamides is 1. The minimum absolute atomic E-state index is 0.0685. The van der Waals surface area contributed by atoms with Gasteiger partial charge in [0, 0.05) is 32.7 Å².